The summed E-state index contributed by atoms with van der Waals surface area (Å²) in [5.41, 5.74) is 1.06. The molecule has 1 N–H and O–H groups in total. The molecule has 0 fully saturated rings. The number of methoxy groups -OCH3 is 3. The van der Waals surface area contributed by atoms with Crippen LogP contribution in [0.3, 0.4) is 0 Å². The molecule has 1 aromatic heterocycles. The third kappa shape index (κ3) is 4.91. The average molecular weight is 378 g/mol. The van der Waals surface area contributed by atoms with Crippen LogP contribution >= 0.6 is 35.3 Å². The molecule has 2 aromatic rings. The van der Waals surface area contributed by atoms with E-state index < -0.39 is 0 Å². The molecule has 0 bridgehead atoms. The highest BCUT2D eigenvalue weighted by atomic mass is 35.5. The highest BCUT2D eigenvalue weighted by molar-refractivity contribution is 7.16. The molecular weight excluding hydrogens is 357 g/mol. The minimum Gasteiger partial charge on any atom is -0.493 e. The molecule has 23 heavy (non-hydrogen) atoms. The molecule has 1 aromatic carbocycles. The second kappa shape index (κ2) is 9.23. The molecule has 0 spiro atoms. The summed E-state index contributed by atoms with van der Waals surface area (Å²) in [5, 5.41) is 3.47. The van der Waals surface area contributed by atoms with E-state index in [-0.39, 0.29) is 18.4 Å². The van der Waals surface area contributed by atoms with Crippen LogP contribution in [0, 0.1) is 0 Å². The lowest BCUT2D eigenvalue weighted by molar-refractivity contribution is 0.323. The molecule has 1 heterocycles. The number of thiophene rings is 1. The zero-order valence-corrected chi connectivity index (χ0v) is 15.9. The highest BCUT2D eigenvalue weighted by Crippen LogP contribution is 2.38. The number of hydrogen-bond donors (Lipinski definition) is 1. The first-order valence-corrected chi connectivity index (χ1v) is 8.06. The Morgan fingerprint density at radius 3 is 2.13 bits per heavy atom. The van der Waals surface area contributed by atoms with Gasteiger partial charge in [0.2, 0.25) is 5.75 Å². The Labute approximate surface area is 152 Å². The maximum absolute atomic E-state index is 5.98. The summed E-state index contributed by atoms with van der Waals surface area (Å²) in [4.78, 5) is 1.21. The molecule has 1 atom stereocenters. The molecule has 0 aliphatic rings. The van der Waals surface area contributed by atoms with Gasteiger partial charge < -0.3 is 19.5 Å². The van der Waals surface area contributed by atoms with Crippen LogP contribution in [0.2, 0.25) is 4.34 Å². The fraction of sp³-hybridized carbons (Fsp3) is 0.375. The van der Waals surface area contributed by atoms with E-state index in [9.17, 15) is 0 Å². The van der Waals surface area contributed by atoms with Crippen molar-refractivity contribution in [3.8, 4) is 17.2 Å². The van der Waals surface area contributed by atoms with Crippen molar-refractivity contribution in [2.75, 3.05) is 21.3 Å². The molecule has 0 radical (unpaired) electrons. The van der Waals surface area contributed by atoms with Crippen LogP contribution in [0.4, 0.5) is 0 Å². The van der Waals surface area contributed by atoms with Gasteiger partial charge in [-0.3, -0.25) is 0 Å². The third-order valence-corrected chi connectivity index (χ3v) is 4.77. The van der Waals surface area contributed by atoms with E-state index >= 15 is 0 Å². The lowest BCUT2D eigenvalue weighted by atomic mass is 10.1. The summed E-state index contributed by atoms with van der Waals surface area (Å²) < 4.78 is 16.9. The van der Waals surface area contributed by atoms with Gasteiger partial charge in [-0.05, 0) is 36.8 Å². The third-order valence-electron chi connectivity index (χ3n) is 3.36. The van der Waals surface area contributed by atoms with Crippen LogP contribution in [0.25, 0.3) is 0 Å². The van der Waals surface area contributed by atoms with Gasteiger partial charge in [0.1, 0.15) is 0 Å². The maximum Gasteiger partial charge on any atom is 0.203 e. The van der Waals surface area contributed by atoms with E-state index in [1.807, 2.05) is 24.3 Å². The first kappa shape index (κ1) is 19.9. The van der Waals surface area contributed by atoms with Crippen molar-refractivity contribution in [3.05, 3.63) is 39.0 Å². The summed E-state index contributed by atoms with van der Waals surface area (Å²) in [6.07, 6.45) is 0. The van der Waals surface area contributed by atoms with Crippen LogP contribution in [0.5, 0.6) is 17.2 Å². The van der Waals surface area contributed by atoms with Crippen LogP contribution in [0.15, 0.2) is 24.3 Å². The molecule has 1 unspecified atom stereocenters. The lowest BCUT2D eigenvalue weighted by Gasteiger charge is -2.16. The summed E-state index contributed by atoms with van der Waals surface area (Å²) in [6.45, 7) is 2.80. The predicted octanol–water partition coefficient (Wildman–Crippen LogP) is 4.70. The van der Waals surface area contributed by atoms with Gasteiger partial charge in [0.25, 0.3) is 0 Å². The van der Waals surface area contributed by atoms with Crippen molar-refractivity contribution in [1.82, 2.24) is 5.32 Å². The summed E-state index contributed by atoms with van der Waals surface area (Å²) in [5.74, 6) is 1.92. The molecule has 0 saturated heterocycles. The van der Waals surface area contributed by atoms with Crippen molar-refractivity contribution in [1.29, 1.82) is 0 Å². The number of hydrogen-bond acceptors (Lipinski definition) is 5. The van der Waals surface area contributed by atoms with Crippen molar-refractivity contribution in [3.63, 3.8) is 0 Å². The Kier molecular flexibility index (Phi) is 7.99. The van der Waals surface area contributed by atoms with E-state index in [1.54, 1.807) is 32.7 Å². The molecule has 7 heteroatoms. The number of halogens is 2. The number of rotatable bonds is 7. The zero-order chi connectivity index (χ0) is 16.1. The SMILES string of the molecule is COc1cc(CNC(C)c2ccc(Cl)s2)cc(OC)c1OC.Cl. The van der Waals surface area contributed by atoms with E-state index in [0.717, 1.165) is 9.90 Å². The Hall–Kier alpha value is -1.14. The molecule has 0 aliphatic heterocycles. The van der Waals surface area contributed by atoms with E-state index in [0.29, 0.717) is 23.8 Å². The Morgan fingerprint density at radius 1 is 1.09 bits per heavy atom. The van der Waals surface area contributed by atoms with Gasteiger partial charge in [-0.1, -0.05) is 11.6 Å². The fourth-order valence-electron chi connectivity index (χ4n) is 2.17. The van der Waals surface area contributed by atoms with Crippen LogP contribution in [-0.4, -0.2) is 21.3 Å². The van der Waals surface area contributed by atoms with E-state index in [2.05, 4.69) is 12.2 Å². The molecule has 2 rings (SSSR count). The molecule has 128 valence electrons. The van der Waals surface area contributed by atoms with Crippen molar-refractivity contribution in [2.45, 2.75) is 19.5 Å². The lowest BCUT2D eigenvalue weighted by Crippen LogP contribution is -2.17. The van der Waals surface area contributed by atoms with Gasteiger partial charge in [0.05, 0.1) is 25.7 Å². The molecule has 0 aliphatic carbocycles. The molecule has 4 nitrogen and oxygen atoms in total. The topological polar surface area (TPSA) is 39.7 Å². The zero-order valence-electron chi connectivity index (χ0n) is 13.5. The number of benzene rings is 1. The van der Waals surface area contributed by atoms with Gasteiger partial charge in [-0.15, -0.1) is 23.7 Å². The molecule has 0 saturated carbocycles. The monoisotopic (exact) mass is 377 g/mol. The number of nitrogens with one attached hydrogen (secondary N) is 1. The average Bonchev–Trinajstić information content (AvgIpc) is 2.97. The van der Waals surface area contributed by atoms with Crippen molar-refractivity contribution >= 4 is 35.3 Å². The highest BCUT2D eigenvalue weighted by Gasteiger charge is 2.14. The van der Waals surface area contributed by atoms with Gasteiger partial charge >= 0.3 is 0 Å². The van der Waals surface area contributed by atoms with Gasteiger partial charge in [-0.2, -0.15) is 0 Å². The summed E-state index contributed by atoms with van der Waals surface area (Å²) in [6, 6.07) is 8.07. The summed E-state index contributed by atoms with van der Waals surface area (Å²) >= 11 is 7.56. The Balaban J connectivity index is 0.00000264. The minimum absolute atomic E-state index is 0. The Bertz CT molecular complexity index is 609. The predicted molar refractivity (Wildman–Crippen MR) is 97.9 cm³/mol. The van der Waals surface area contributed by atoms with Crippen molar-refractivity contribution < 1.29 is 14.2 Å². The van der Waals surface area contributed by atoms with Crippen LogP contribution < -0.4 is 19.5 Å². The van der Waals surface area contributed by atoms with Gasteiger partial charge in [-0.25, -0.2) is 0 Å². The largest absolute Gasteiger partial charge is 0.493 e. The number of ether oxygens (including phenoxy) is 3. The second-order valence-electron chi connectivity index (χ2n) is 4.78. The quantitative estimate of drug-likeness (QED) is 0.758. The second-order valence-corrected chi connectivity index (χ2v) is 6.52. The fourth-order valence-corrected chi connectivity index (χ4v) is 3.26. The van der Waals surface area contributed by atoms with Gasteiger partial charge in [0.15, 0.2) is 11.5 Å². The van der Waals surface area contributed by atoms with Crippen LogP contribution in [-0.2, 0) is 6.54 Å². The normalized spacial score (nSPS) is 11.5. The van der Waals surface area contributed by atoms with E-state index in [4.69, 9.17) is 25.8 Å². The first-order chi connectivity index (χ1) is 10.6. The Morgan fingerprint density at radius 2 is 1.70 bits per heavy atom. The smallest absolute Gasteiger partial charge is 0.203 e. The van der Waals surface area contributed by atoms with Crippen LogP contribution in [0.1, 0.15) is 23.4 Å². The summed E-state index contributed by atoms with van der Waals surface area (Å²) in [7, 11) is 4.83. The van der Waals surface area contributed by atoms with Crippen molar-refractivity contribution in [2.24, 2.45) is 0 Å². The van der Waals surface area contributed by atoms with E-state index in [1.165, 1.54) is 4.88 Å². The molecular formula is C16H21Cl2NO3S. The first-order valence-electron chi connectivity index (χ1n) is 6.86. The standard InChI is InChI=1S/C16H20ClNO3S.ClH/c1-10(14-5-6-15(17)22-14)18-9-11-7-12(19-2)16(21-4)13(8-11)20-3;/h5-8,10,18H,9H2,1-4H3;1H. The molecule has 0 amide bonds. The van der Waals surface area contributed by atoms with Gasteiger partial charge in [0, 0.05) is 17.5 Å². The minimum atomic E-state index is 0. The maximum atomic E-state index is 5.98.